The minimum absolute atomic E-state index is 0.718. The number of anilines is 2. The summed E-state index contributed by atoms with van der Waals surface area (Å²) in [5.74, 6) is 2.40. The standard InChI is InChI=1S/C16H18N8/c1-13-5-7-17-16(19-13)23-11-9-22(10-12-23)14-3-4-15(21-20-14)24-8-2-6-18-24/h2-8H,9-12H2,1H3. The fraction of sp³-hybridized carbons (Fsp3) is 0.312. The van der Waals surface area contributed by atoms with Crippen LogP contribution in [0.25, 0.3) is 5.82 Å². The lowest BCUT2D eigenvalue weighted by Crippen LogP contribution is -2.47. The molecule has 1 aliphatic rings. The van der Waals surface area contributed by atoms with Crippen molar-refractivity contribution in [1.82, 2.24) is 29.9 Å². The zero-order valence-corrected chi connectivity index (χ0v) is 13.4. The third kappa shape index (κ3) is 2.90. The van der Waals surface area contributed by atoms with Gasteiger partial charge in [0.1, 0.15) is 0 Å². The molecule has 3 aromatic heterocycles. The van der Waals surface area contributed by atoms with Crippen LogP contribution in [0.4, 0.5) is 11.8 Å². The third-order valence-electron chi connectivity index (χ3n) is 4.04. The number of hydrogen-bond acceptors (Lipinski definition) is 7. The van der Waals surface area contributed by atoms with Crippen LogP contribution in [0.3, 0.4) is 0 Å². The number of nitrogens with zero attached hydrogens (tertiary/aromatic N) is 8. The van der Waals surface area contributed by atoms with Crippen LogP contribution in [0, 0.1) is 6.92 Å². The van der Waals surface area contributed by atoms with Gasteiger partial charge in [-0.2, -0.15) is 5.10 Å². The van der Waals surface area contributed by atoms with Gasteiger partial charge in [-0.25, -0.2) is 14.6 Å². The van der Waals surface area contributed by atoms with E-state index in [1.54, 1.807) is 10.9 Å². The van der Waals surface area contributed by atoms with Crippen molar-refractivity contribution in [2.24, 2.45) is 0 Å². The average Bonchev–Trinajstić information content (AvgIpc) is 3.17. The molecule has 0 unspecified atom stereocenters. The molecule has 0 bridgehead atoms. The molecule has 122 valence electrons. The van der Waals surface area contributed by atoms with Crippen LogP contribution in [0.15, 0.2) is 42.9 Å². The van der Waals surface area contributed by atoms with Crippen LogP contribution in [0.5, 0.6) is 0 Å². The van der Waals surface area contributed by atoms with Crippen molar-refractivity contribution in [1.29, 1.82) is 0 Å². The average molecular weight is 322 g/mol. The molecule has 8 nitrogen and oxygen atoms in total. The van der Waals surface area contributed by atoms with Gasteiger partial charge in [0.15, 0.2) is 11.6 Å². The van der Waals surface area contributed by atoms with Crippen LogP contribution in [0.2, 0.25) is 0 Å². The monoisotopic (exact) mass is 322 g/mol. The van der Waals surface area contributed by atoms with Gasteiger partial charge in [-0.05, 0) is 31.2 Å². The number of aromatic nitrogens is 6. The molecule has 4 rings (SSSR count). The van der Waals surface area contributed by atoms with Crippen molar-refractivity contribution >= 4 is 11.8 Å². The first-order chi connectivity index (χ1) is 11.8. The maximum absolute atomic E-state index is 4.49. The summed E-state index contributed by atoms with van der Waals surface area (Å²) >= 11 is 0. The van der Waals surface area contributed by atoms with Crippen molar-refractivity contribution in [2.45, 2.75) is 6.92 Å². The van der Waals surface area contributed by atoms with Crippen molar-refractivity contribution in [3.05, 3.63) is 48.5 Å². The van der Waals surface area contributed by atoms with Crippen LogP contribution < -0.4 is 9.80 Å². The molecule has 0 aromatic carbocycles. The molecule has 4 heterocycles. The highest BCUT2D eigenvalue weighted by molar-refractivity contribution is 5.43. The molecule has 1 fully saturated rings. The molecule has 0 N–H and O–H groups in total. The molecular formula is C16H18N8. The van der Waals surface area contributed by atoms with Gasteiger partial charge in [-0.1, -0.05) is 0 Å². The largest absolute Gasteiger partial charge is 0.352 e. The van der Waals surface area contributed by atoms with E-state index >= 15 is 0 Å². The van der Waals surface area contributed by atoms with Crippen molar-refractivity contribution in [3.8, 4) is 5.82 Å². The topological polar surface area (TPSA) is 75.9 Å². The molecular weight excluding hydrogens is 304 g/mol. The van der Waals surface area contributed by atoms with E-state index in [2.05, 4.69) is 35.1 Å². The van der Waals surface area contributed by atoms with E-state index in [1.165, 1.54) is 0 Å². The van der Waals surface area contributed by atoms with Gasteiger partial charge in [0.25, 0.3) is 0 Å². The normalized spacial score (nSPS) is 14.9. The Morgan fingerprint density at radius 1 is 0.875 bits per heavy atom. The quantitative estimate of drug-likeness (QED) is 0.714. The van der Waals surface area contributed by atoms with E-state index in [0.29, 0.717) is 0 Å². The molecule has 0 atom stereocenters. The lowest BCUT2D eigenvalue weighted by molar-refractivity contribution is 0.629. The van der Waals surface area contributed by atoms with Crippen LogP contribution in [-0.4, -0.2) is 56.1 Å². The van der Waals surface area contributed by atoms with Crippen molar-refractivity contribution < 1.29 is 0 Å². The second-order valence-electron chi connectivity index (χ2n) is 5.67. The Bertz CT molecular complexity index is 791. The summed E-state index contributed by atoms with van der Waals surface area (Å²) in [6.07, 6.45) is 5.38. The minimum atomic E-state index is 0.718. The zero-order chi connectivity index (χ0) is 16.4. The maximum Gasteiger partial charge on any atom is 0.225 e. The highest BCUT2D eigenvalue weighted by Gasteiger charge is 2.20. The molecule has 1 saturated heterocycles. The van der Waals surface area contributed by atoms with E-state index in [4.69, 9.17) is 0 Å². The Kier molecular flexibility index (Phi) is 3.78. The summed E-state index contributed by atoms with van der Waals surface area (Å²) in [5.41, 5.74) is 0.988. The van der Waals surface area contributed by atoms with Crippen molar-refractivity contribution in [2.75, 3.05) is 36.0 Å². The smallest absolute Gasteiger partial charge is 0.225 e. The number of hydrogen-bond donors (Lipinski definition) is 0. The van der Waals surface area contributed by atoms with Gasteiger partial charge >= 0.3 is 0 Å². The molecule has 3 aromatic rings. The van der Waals surface area contributed by atoms with Gasteiger partial charge in [0.05, 0.1) is 0 Å². The van der Waals surface area contributed by atoms with Crippen LogP contribution in [-0.2, 0) is 0 Å². The van der Waals surface area contributed by atoms with Gasteiger partial charge in [-0.15, -0.1) is 10.2 Å². The molecule has 1 aliphatic heterocycles. The molecule has 0 spiro atoms. The zero-order valence-electron chi connectivity index (χ0n) is 13.4. The van der Waals surface area contributed by atoms with E-state index in [-0.39, 0.29) is 0 Å². The second kappa shape index (κ2) is 6.23. The Morgan fingerprint density at radius 3 is 2.29 bits per heavy atom. The first-order valence-electron chi connectivity index (χ1n) is 7.93. The van der Waals surface area contributed by atoms with E-state index in [0.717, 1.165) is 49.5 Å². The van der Waals surface area contributed by atoms with E-state index < -0.39 is 0 Å². The van der Waals surface area contributed by atoms with Gasteiger partial charge in [-0.3, -0.25) is 0 Å². The fourth-order valence-electron chi connectivity index (χ4n) is 2.74. The number of piperazine rings is 1. The van der Waals surface area contributed by atoms with E-state index in [1.807, 2.05) is 43.6 Å². The Morgan fingerprint density at radius 2 is 1.62 bits per heavy atom. The second-order valence-corrected chi connectivity index (χ2v) is 5.67. The summed E-state index contributed by atoms with van der Waals surface area (Å²) in [6.45, 7) is 5.45. The first-order valence-corrected chi connectivity index (χ1v) is 7.93. The van der Waals surface area contributed by atoms with E-state index in [9.17, 15) is 0 Å². The van der Waals surface area contributed by atoms with Crippen LogP contribution >= 0.6 is 0 Å². The van der Waals surface area contributed by atoms with Gasteiger partial charge < -0.3 is 9.80 Å². The van der Waals surface area contributed by atoms with Crippen molar-refractivity contribution in [3.63, 3.8) is 0 Å². The maximum atomic E-state index is 4.49. The number of rotatable bonds is 3. The Balaban J connectivity index is 1.42. The fourth-order valence-corrected chi connectivity index (χ4v) is 2.74. The molecule has 8 heteroatoms. The molecule has 0 radical (unpaired) electrons. The predicted molar refractivity (Wildman–Crippen MR) is 90.3 cm³/mol. The first kappa shape index (κ1) is 14.6. The summed E-state index contributed by atoms with van der Waals surface area (Å²) in [6, 6.07) is 7.70. The highest BCUT2D eigenvalue weighted by Crippen LogP contribution is 2.16. The molecule has 0 aliphatic carbocycles. The highest BCUT2D eigenvalue weighted by atomic mass is 15.4. The molecule has 0 amide bonds. The Labute approximate surface area is 139 Å². The predicted octanol–water partition coefficient (Wildman–Crippen LogP) is 1.09. The summed E-state index contributed by atoms with van der Waals surface area (Å²) in [7, 11) is 0. The third-order valence-corrected chi connectivity index (χ3v) is 4.04. The Hall–Kier alpha value is -3.03. The summed E-state index contributed by atoms with van der Waals surface area (Å²) in [5, 5.41) is 12.8. The molecule has 24 heavy (non-hydrogen) atoms. The minimum Gasteiger partial charge on any atom is -0.352 e. The van der Waals surface area contributed by atoms with Gasteiger partial charge in [0, 0.05) is 50.5 Å². The SMILES string of the molecule is Cc1ccnc(N2CCN(c3ccc(-n4cccn4)nn3)CC2)n1. The molecule has 0 saturated carbocycles. The lowest BCUT2D eigenvalue weighted by Gasteiger charge is -2.35. The lowest BCUT2D eigenvalue weighted by atomic mass is 10.3. The summed E-state index contributed by atoms with van der Waals surface area (Å²) in [4.78, 5) is 13.3. The van der Waals surface area contributed by atoms with Gasteiger partial charge in [0.2, 0.25) is 5.95 Å². The number of aryl methyl sites for hydroxylation is 1. The van der Waals surface area contributed by atoms with Crippen LogP contribution in [0.1, 0.15) is 5.69 Å². The summed E-state index contributed by atoms with van der Waals surface area (Å²) < 4.78 is 1.70.